The number of esters is 1. The first-order valence-electron chi connectivity index (χ1n) is 7.45. The van der Waals surface area contributed by atoms with Crippen molar-refractivity contribution in [3.8, 4) is 0 Å². The van der Waals surface area contributed by atoms with Gasteiger partial charge in [0, 0.05) is 11.3 Å². The van der Waals surface area contributed by atoms with E-state index in [1.165, 1.54) is 6.20 Å². The van der Waals surface area contributed by atoms with Gasteiger partial charge in [-0.1, -0.05) is 35.9 Å². The summed E-state index contributed by atoms with van der Waals surface area (Å²) in [7, 11) is 0. The quantitative estimate of drug-likeness (QED) is 0.526. The molecule has 1 aliphatic rings. The number of carbonyl (C=O) groups excluding carboxylic acids is 1. The number of ether oxygens (including phenoxy) is 1. The molecule has 0 fully saturated rings. The first kappa shape index (κ1) is 15.7. The van der Waals surface area contributed by atoms with Crippen LogP contribution in [-0.2, 0) is 4.74 Å². The predicted octanol–water partition coefficient (Wildman–Crippen LogP) is 3.75. The number of carbonyl (C=O) groups is 1. The van der Waals surface area contributed by atoms with Gasteiger partial charge in [0.15, 0.2) is 0 Å². The van der Waals surface area contributed by atoms with Crippen molar-refractivity contribution in [2.45, 2.75) is 20.0 Å². The zero-order valence-corrected chi connectivity index (χ0v) is 13.3. The number of rotatable bonds is 4. The summed E-state index contributed by atoms with van der Waals surface area (Å²) in [5.41, 5.74) is 3.49. The summed E-state index contributed by atoms with van der Waals surface area (Å²) in [5.74, 6) is -0.546. The summed E-state index contributed by atoms with van der Waals surface area (Å²) in [6, 6.07) is 12.4. The van der Waals surface area contributed by atoms with Crippen LogP contribution in [0.4, 0.5) is 5.69 Å². The summed E-state index contributed by atoms with van der Waals surface area (Å²) in [6.45, 7) is 3.89. The van der Waals surface area contributed by atoms with Crippen LogP contribution in [0.2, 0.25) is 0 Å². The molecule has 1 atom stereocenters. The molecule has 2 aromatic carbocycles. The summed E-state index contributed by atoms with van der Waals surface area (Å²) in [6.07, 6.45) is 0.277. The minimum atomic E-state index is -1.01. The highest BCUT2D eigenvalue weighted by molar-refractivity contribution is 5.94. The van der Waals surface area contributed by atoms with Crippen LogP contribution in [0.5, 0.6) is 0 Å². The highest BCUT2D eigenvalue weighted by Gasteiger charge is 2.39. The first-order chi connectivity index (χ1) is 11.5. The van der Waals surface area contributed by atoms with E-state index in [9.17, 15) is 14.9 Å². The lowest BCUT2D eigenvalue weighted by molar-refractivity contribution is -0.436. The van der Waals surface area contributed by atoms with Crippen molar-refractivity contribution in [2.24, 2.45) is 0 Å². The minimum Gasteiger partial charge on any atom is -0.442 e. The Labute approximate surface area is 138 Å². The van der Waals surface area contributed by atoms with E-state index in [0.717, 1.165) is 16.8 Å². The SMILES string of the molecule is Cc1ccc(N/C=C(\[C@@H]2OC(=O)c3ccccc32)[N+](=O)[O-])c(C)c1. The molecule has 0 aromatic heterocycles. The van der Waals surface area contributed by atoms with Gasteiger partial charge < -0.3 is 10.1 Å². The maximum absolute atomic E-state index is 11.9. The number of fused-ring (bicyclic) bond motifs is 1. The molecule has 1 aliphatic heterocycles. The molecule has 0 amide bonds. The second kappa shape index (κ2) is 6.16. The minimum absolute atomic E-state index is 0.215. The predicted molar refractivity (Wildman–Crippen MR) is 89.2 cm³/mol. The molecule has 0 unspecified atom stereocenters. The van der Waals surface area contributed by atoms with Crippen molar-refractivity contribution in [2.75, 3.05) is 5.32 Å². The molecule has 3 rings (SSSR count). The Morgan fingerprint density at radius 2 is 2.00 bits per heavy atom. The van der Waals surface area contributed by atoms with Gasteiger partial charge in [0.05, 0.1) is 16.7 Å². The Morgan fingerprint density at radius 3 is 2.71 bits per heavy atom. The van der Waals surface area contributed by atoms with Crippen LogP contribution in [0, 0.1) is 24.0 Å². The van der Waals surface area contributed by atoms with Crippen LogP contribution in [-0.4, -0.2) is 10.9 Å². The smallest absolute Gasteiger partial charge is 0.339 e. The Hall–Kier alpha value is -3.15. The van der Waals surface area contributed by atoms with Gasteiger partial charge in [-0.25, -0.2) is 4.79 Å². The second-order valence-corrected chi connectivity index (χ2v) is 5.66. The van der Waals surface area contributed by atoms with Gasteiger partial charge in [-0.2, -0.15) is 0 Å². The number of nitrogens with one attached hydrogen (secondary N) is 1. The maximum Gasteiger partial charge on any atom is 0.339 e. The molecule has 6 heteroatoms. The van der Waals surface area contributed by atoms with Crippen LogP contribution >= 0.6 is 0 Å². The van der Waals surface area contributed by atoms with Crippen molar-refractivity contribution < 1.29 is 14.5 Å². The van der Waals surface area contributed by atoms with E-state index >= 15 is 0 Å². The Balaban J connectivity index is 1.94. The lowest BCUT2D eigenvalue weighted by Gasteiger charge is -2.10. The fourth-order valence-corrected chi connectivity index (χ4v) is 2.72. The van der Waals surface area contributed by atoms with E-state index in [4.69, 9.17) is 4.74 Å². The fraction of sp³-hybridized carbons (Fsp3) is 0.167. The zero-order chi connectivity index (χ0) is 17.3. The summed E-state index contributed by atoms with van der Waals surface area (Å²) >= 11 is 0. The number of nitrogens with zero attached hydrogens (tertiary/aromatic N) is 1. The average molecular weight is 324 g/mol. The molecule has 0 spiro atoms. The standard InChI is InChI=1S/C18H16N2O4/c1-11-7-8-15(12(2)9-11)19-10-16(20(22)23)17-13-5-3-4-6-14(13)18(21)24-17/h3-10,17,19H,1-2H3/b16-10+/t17-/m1/s1. The van der Waals surface area contributed by atoms with Crippen LogP contribution < -0.4 is 5.32 Å². The summed E-state index contributed by atoms with van der Waals surface area (Å²) in [5, 5.41) is 14.4. The summed E-state index contributed by atoms with van der Waals surface area (Å²) in [4.78, 5) is 22.8. The number of cyclic esters (lactones) is 1. The third-order valence-corrected chi connectivity index (χ3v) is 3.92. The molecule has 122 valence electrons. The van der Waals surface area contributed by atoms with E-state index in [2.05, 4.69) is 5.32 Å². The van der Waals surface area contributed by atoms with Crippen LogP contribution in [0.3, 0.4) is 0 Å². The highest BCUT2D eigenvalue weighted by Crippen LogP contribution is 2.36. The van der Waals surface area contributed by atoms with Crippen LogP contribution in [0.15, 0.2) is 54.4 Å². The zero-order valence-electron chi connectivity index (χ0n) is 13.3. The summed E-state index contributed by atoms with van der Waals surface area (Å²) < 4.78 is 5.20. The number of hydrogen-bond acceptors (Lipinski definition) is 5. The van der Waals surface area contributed by atoms with Gasteiger partial charge in [0.25, 0.3) is 0 Å². The van der Waals surface area contributed by atoms with E-state index in [0.29, 0.717) is 11.1 Å². The number of anilines is 1. The van der Waals surface area contributed by atoms with E-state index in [1.54, 1.807) is 24.3 Å². The molecule has 24 heavy (non-hydrogen) atoms. The monoisotopic (exact) mass is 324 g/mol. The molecular weight excluding hydrogens is 308 g/mol. The van der Waals surface area contributed by atoms with Crippen LogP contribution in [0.1, 0.15) is 33.2 Å². The molecule has 1 N–H and O–H groups in total. The van der Waals surface area contributed by atoms with E-state index < -0.39 is 17.0 Å². The van der Waals surface area contributed by atoms with Crippen molar-refractivity contribution in [1.29, 1.82) is 0 Å². The lowest BCUT2D eigenvalue weighted by atomic mass is 10.0. The Morgan fingerprint density at radius 1 is 1.25 bits per heavy atom. The second-order valence-electron chi connectivity index (χ2n) is 5.66. The average Bonchev–Trinajstić information content (AvgIpc) is 2.87. The van der Waals surface area contributed by atoms with Crippen molar-refractivity contribution in [1.82, 2.24) is 0 Å². The number of benzene rings is 2. The molecule has 0 saturated heterocycles. The molecule has 6 nitrogen and oxygen atoms in total. The van der Waals surface area contributed by atoms with Gasteiger partial charge in [0.2, 0.25) is 6.10 Å². The largest absolute Gasteiger partial charge is 0.442 e. The van der Waals surface area contributed by atoms with Crippen molar-refractivity contribution in [3.05, 3.63) is 86.7 Å². The first-order valence-corrected chi connectivity index (χ1v) is 7.45. The van der Waals surface area contributed by atoms with Crippen molar-refractivity contribution >= 4 is 11.7 Å². The molecule has 0 bridgehead atoms. The Kier molecular flexibility index (Phi) is 4.04. The molecule has 2 aromatic rings. The molecule has 1 heterocycles. The van der Waals surface area contributed by atoms with Gasteiger partial charge in [-0.15, -0.1) is 0 Å². The van der Waals surface area contributed by atoms with Gasteiger partial charge in [-0.05, 0) is 31.5 Å². The molecule has 0 aliphatic carbocycles. The number of aryl methyl sites for hydroxylation is 2. The third kappa shape index (κ3) is 2.86. The third-order valence-electron chi connectivity index (χ3n) is 3.92. The lowest BCUT2D eigenvalue weighted by Crippen LogP contribution is -2.12. The molecule has 0 saturated carbocycles. The van der Waals surface area contributed by atoms with Crippen LogP contribution in [0.25, 0.3) is 0 Å². The van der Waals surface area contributed by atoms with Gasteiger partial charge >= 0.3 is 11.7 Å². The van der Waals surface area contributed by atoms with E-state index in [1.807, 2.05) is 32.0 Å². The molecular formula is C18H16N2O4. The van der Waals surface area contributed by atoms with Crippen molar-refractivity contribution in [3.63, 3.8) is 0 Å². The Bertz CT molecular complexity index is 858. The number of nitro groups is 1. The topological polar surface area (TPSA) is 81.5 Å². The van der Waals surface area contributed by atoms with Gasteiger partial charge in [-0.3, -0.25) is 10.1 Å². The molecule has 0 radical (unpaired) electrons. The van der Waals surface area contributed by atoms with Gasteiger partial charge in [0.1, 0.15) is 0 Å². The van der Waals surface area contributed by atoms with E-state index in [-0.39, 0.29) is 5.70 Å². The highest BCUT2D eigenvalue weighted by atomic mass is 16.6. The normalized spacial score (nSPS) is 16.5. The maximum atomic E-state index is 11.9. The fourth-order valence-electron chi connectivity index (χ4n) is 2.72. The number of hydrogen-bond donors (Lipinski definition) is 1.